The van der Waals surface area contributed by atoms with Crippen LogP contribution in [0.1, 0.15) is 105 Å². The number of pyridine rings is 6. The molecule has 23 nitrogen and oxygen atoms in total. The summed E-state index contributed by atoms with van der Waals surface area (Å²) in [5.74, 6) is -3.05. The topological polar surface area (TPSA) is 309 Å². The maximum atomic E-state index is 15.4. The summed E-state index contributed by atoms with van der Waals surface area (Å²) in [7, 11) is 2.93. The summed E-state index contributed by atoms with van der Waals surface area (Å²) in [6.45, 7) is 3.67. The zero-order valence-corrected chi connectivity index (χ0v) is 45.8. The van der Waals surface area contributed by atoms with Gasteiger partial charge in [-0.2, -0.15) is 0 Å². The van der Waals surface area contributed by atoms with E-state index in [9.17, 15) is 24.3 Å². The normalized spacial score (nSPS) is 23.6. The Morgan fingerprint density at radius 1 is 0.659 bits per heavy atom. The minimum Gasteiger partial charge on any atom is -0.870 e. The van der Waals surface area contributed by atoms with Crippen LogP contribution in [0.2, 0.25) is 0 Å². The molecule has 6 aromatic heterocycles. The number of rotatable bonds is 17. The van der Waals surface area contributed by atoms with Crippen molar-refractivity contribution in [3.8, 4) is 23.3 Å². The zero-order valence-electron chi connectivity index (χ0n) is 45.8. The summed E-state index contributed by atoms with van der Waals surface area (Å²) in [6.07, 6.45) is 8.39. The van der Waals surface area contributed by atoms with Crippen molar-refractivity contribution in [2.75, 3.05) is 57.9 Å². The van der Waals surface area contributed by atoms with Crippen LogP contribution in [0.4, 0.5) is 20.4 Å². The Labute approximate surface area is 481 Å². The number of aliphatic carboxylic acids is 1. The molecule has 2 saturated carbocycles. The fraction of sp³-hybridized carbons (Fsp3) is 0.464. The summed E-state index contributed by atoms with van der Waals surface area (Å²) in [5.41, 5.74) is 1.19. The van der Waals surface area contributed by atoms with Gasteiger partial charge in [0.15, 0.2) is 36.3 Å². The number of aromatic nitrogens is 6. The third kappa shape index (κ3) is 12.1. The maximum absolute atomic E-state index is 15.4. The number of methoxy groups -OCH3 is 2. The molecule has 4 bridgehead atoms. The molecule has 12 heterocycles. The Balaban J connectivity index is 0.000000193. The standard InChI is InChI=1S/C29H32FN5O6.C27H28FN5O6.Li.H2O/c1-3-39-27(37)18(24-19(30)14-31-20-5-7-23(38-2)35-25(20)24)12-29-10-8-28(9-11-29,16-41-29)32-13-17-4-6-21-26(33-17)34-22(36)15-40-21;1-37-21-5-3-18-23(33-21)22(17(28)12-29-18)16(25(35)36)10-27-8-6-26(7-9-27,14-39-27)30-11-15-2-4-19-24(31-15)32-20(34)13-38-19;;/h4-7,14,18,32H,3,8-13,15-16H2,1-2H3,(H,33,34,36);2-5,12,16,30H,6-11,13-14H2,1H3,(H,35,36)(H,31,32,34);;1H2/q;;+1;/p-1. The van der Waals surface area contributed by atoms with Gasteiger partial charge in [-0.1, -0.05) is 0 Å². The van der Waals surface area contributed by atoms with Gasteiger partial charge in [0.1, 0.15) is 11.6 Å². The summed E-state index contributed by atoms with van der Waals surface area (Å²) in [6, 6.07) is 13.9. The van der Waals surface area contributed by atoms with E-state index in [1.54, 1.807) is 37.3 Å². The second-order valence-corrected chi connectivity index (χ2v) is 21.3. The number of carboxylic acids is 1. The van der Waals surface area contributed by atoms with Gasteiger partial charge in [-0.3, -0.25) is 29.1 Å². The van der Waals surface area contributed by atoms with Crippen molar-refractivity contribution in [3.63, 3.8) is 0 Å². The third-order valence-electron chi connectivity index (χ3n) is 16.4. The van der Waals surface area contributed by atoms with E-state index < -0.39 is 46.6 Å². The Morgan fingerprint density at radius 3 is 1.50 bits per heavy atom. The monoisotopic (exact) mass is 1130 g/mol. The first kappa shape index (κ1) is 59.4. The Hall–Kier alpha value is -7.24. The molecule has 6 aromatic rings. The summed E-state index contributed by atoms with van der Waals surface area (Å²) in [4.78, 5) is 75.1. The van der Waals surface area contributed by atoms with Crippen LogP contribution in [0.25, 0.3) is 22.1 Å². The Morgan fingerprint density at radius 2 is 1.10 bits per heavy atom. The molecule has 8 aliphatic rings. The van der Waals surface area contributed by atoms with Crippen LogP contribution < -0.4 is 59.1 Å². The van der Waals surface area contributed by atoms with Crippen LogP contribution in [0, 0.1) is 11.6 Å². The van der Waals surface area contributed by atoms with E-state index in [0.29, 0.717) is 92.0 Å². The molecule has 2 amide bonds. The number of nitrogens with one attached hydrogen (secondary N) is 4. The van der Waals surface area contributed by atoms with Crippen LogP contribution in [-0.4, -0.2) is 134 Å². The van der Waals surface area contributed by atoms with Crippen molar-refractivity contribution in [2.24, 2.45) is 0 Å². The first-order valence-corrected chi connectivity index (χ1v) is 26.6. The minimum absolute atomic E-state index is 0. The van der Waals surface area contributed by atoms with Crippen LogP contribution in [-0.2, 0) is 46.5 Å². The molecule has 6 fully saturated rings. The number of hydrogen-bond acceptors (Lipinski definition) is 20. The van der Waals surface area contributed by atoms with E-state index in [1.165, 1.54) is 14.2 Å². The van der Waals surface area contributed by atoms with Crippen molar-refractivity contribution in [1.82, 2.24) is 40.5 Å². The average Bonchev–Trinajstić information content (AvgIpc) is 3.67. The number of hydrogen-bond donors (Lipinski definition) is 5. The molecule has 4 saturated heterocycles. The van der Waals surface area contributed by atoms with Gasteiger partial charge < -0.3 is 65.0 Å². The van der Waals surface area contributed by atoms with Gasteiger partial charge in [-0.05, 0) is 108 Å². The zero-order chi connectivity index (χ0) is 55.8. The number of amides is 2. The van der Waals surface area contributed by atoms with E-state index in [0.717, 1.165) is 49.5 Å². The number of carboxylic acid groups (broad SMARTS) is 1. The fourth-order valence-corrected chi connectivity index (χ4v) is 11.9. The number of halogens is 2. The van der Waals surface area contributed by atoms with Gasteiger partial charge in [0.2, 0.25) is 11.8 Å². The predicted molar refractivity (Wildman–Crippen MR) is 283 cm³/mol. The minimum atomic E-state index is -1.16. The molecule has 6 aliphatic heterocycles. The van der Waals surface area contributed by atoms with Crippen LogP contribution >= 0.6 is 0 Å². The van der Waals surface area contributed by atoms with Gasteiger partial charge in [-0.25, -0.2) is 28.7 Å². The number of nitrogens with zero attached hydrogens (tertiary/aromatic N) is 6. The van der Waals surface area contributed by atoms with Crippen LogP contribution in [0.5, 0.6) is 23.3 Å². The molecule has 14 rings (SSSR count). The van der Waals surface area contributed by atoms with Crippen LogP contribution in [0.3, 0.4) is 0 Å². The largest absolute Gasteiger partial charge is 1.00 e. The first-order chi connectivity index (χ1) is 38.6. The predicted octanol–water partition coefficient (Wildman–Crippen LogP) is 3.17. The van der Waals surface area contributed by atoms with Crippen molar-refractivity contribution >= 4 is 57.5 Å². The average molecular weight is 1130 g/mol. The van der Waals surface area contributed by atoms with Crippen molar-refractivity contribution in [2.45, 2.75) is 118 Å². The molecule has 2 aliphatic carbocycles. The molecular formula is C56H61F2LiN10O13. The number of carbonyl (C=O) groups excluding carboxylic acids is 3. The van der Waals surface area contributed by atoms with E-state index in [4.69, 9.17) is 33.2 Å². The molecule has 6 N–H and O–H groups in total. The second-order valence-electron chi connectivity index (χ2n) is 21.3. The molecule has 0 spiro atoms. The number of carbonyl (C=O) groups is 4. The van der Waals surface area contributed by atoms with E-state index in [-0.39, 0.29) is 108 Å². The smallest absolute Gasteiger partial charge is 0.870 e. The molecule has 0 radical (unpaired) electrons. The van der Waals surface area contributed by atoms with Gasteiger partial charge >= 0.3 is 30.8 Å². The van der Waals surface area contributed by atoms with E-state index in [1.807, 2.05) is 18.2 Å². The molecule has 26 heteroatoms. The number of esters is 1. The Bertz CT molecular complexity index is 3370. The molecule has 0 aromatic carbocycles. The molecule has 2 atom stereocenters. The second kappa shape index (κ2) is 24.3. The van der Waals surface area contributed by atoms with Gasteiger partial charge in [0.25, 0.3) is 11.8 Å². The maximum Gasteiger partial charge on any atom is 1.00 e. The third-order valence-corrected chi connectivity index (χ3v) is 16.4. The fourth-order valence-electron chi connectivity index (χ4n) is 11.9. The number of anilines is 2. The van der Waals surface area contributed by atoms with E-state index in [2.05, 4.69) is 51.2 Å². The molecule has 428 valence electrons. The van der Waals surface area contributed by atoms with Crippen molar-refractivity contribution in [1.29, 1.82) is 0 Å². The van der Waals surface area contributed by atoms with E-state index >= 15 is 8.78 Å². The van der Waals surface area contributed by atoms with Gasteiger partial charge in [0.05, 0.1) is 103 Å². The Kier molecular flexibility index (Phi) is 17.6. The molecule has 2 unspecified atom stereocenters. The number of fused-ring (bicyclic) bond motifs is 10. The quantitative estimate of drug-likeness (QED) is 0.0647. The summed E-state index contributed by atoms with van der Waals surface area (Å²) in [5, 5.41) is 22.9. The van der Waals surface area contributed by atoms with Crippen LogP contribution in [0.15, 0.2) is 60.9 Å². The first-order valence-electron chi connectivity index (χ1n) is 26.6. The SMILES string of the molecule is CCOC(=O)C(CC12CCC(NCc3ccc4c(n3)NC(=O)CO4)(CC1)CO2)c1c(F)cnc2ccc(OC)nc12.COc1ccc2ncc(F)c(C(CC34CCC(NCc5ccc6c(n5)NC(=O)CO6)(CC3)CO4)C(=O)O)c2n1.[Li+].[OH-]. The van der Waals surface area contributed by atoms with Crippen molar-refractivity contribution in [3.05, 3.63) is 95.1 Å². The summed E-state index contributed by atoms with van der Waals surface area (Å²) >= 11 is 0. The van der Waals surface area contributed by atoms with Crippen molar-refractivity contribution < 1.29 is 90.6 Å². The number of ether oxygens (including phenoxy) is 7. The summed E-state index contributed by atoms with van der Waals surface area (Å²) < 4.78 is 70.0. The molecular weight excluding hydrogens is 1070 g/mol. The molecule has 82 heavy (non-hydrogen) atoms. The van der Waals surface area contributed by atoms with Gasteiger partial charge in [0, 0.05) is 47.4 Å². The van der Waals surface area contributed by atoms with Gasteiger partial charge in [-0.15, -0.1) is 0 Å².